The van der Waals surface area contributed by atoms with Crippen molar-refractivity contribution in [2.24, 2.45) is 5.92 Å². The van der Waals surface area contributed by atoms with Crippen molar-refractivity contribution in [2.45, 2.75) is 18.4 Å². The Balaban J connectivity index is 1.81. The summed E-state index contributed by atoms with van der Waals surface area (Å²) in [4.78, 5) is 10.7. The smallest absolute Gasteiger partial charge is 0.269 e. The SMILES string of the molecule is O=[N+]([O-])c1cccc(C2Nc3c(F)cc(Br)cc3C3C=CCC32)c1. The summed E-state index contributed by atoms with van der Waals surface area (Å²) in [6.07, 6.45) is 5.08. The molecule has 0 fully saturated rings. The molecule has 0 spiro atoms. The second-order valence-corrected chi connectivity index (χ2v) is 7.10. The van der Waals surface area contributed by atoms with Gasteiger partial charge in [-0.2, -0.15) is 0 Å². The molecule has 1 aliphatic heterocycles. The third-order valence-electron chi connectivity index (χ3n) is 4.83. The van der Waals surface area contributed by atoms with E-state index in [1.807, 2.05) is 12.1 Å². The topological polar surface area (TPSA) is 55.2 Å². The summed E-state index contributed by atoms with van der Waals surface area (Å²) in [7, 11) is 0. The Morgan fingerprint density at radius 3 is 2.92 bits per heavy atom. The Kier molecular flexibility index (Phi) is 3.64. The Morgan fingerprint density at radius 2 is 2.12 bits per heavy atom. The summed E-state index contributed by atoms with van der Waals surface area (Å²) >= 11 is 3.36. The number of rotatable bonds is 2. The number of nitro groups is 1. The highest BCUT2D eigenvalue weighted by molar-refractivity contribution is 9.10. The number of nitrogens with zero attached hydrogens (tertiary/aromatic N) is 1. The first kappa shape index (κ1) is 15.3. The van der Waals surface area contributed by atoms with E-state index in [4.69, 9.17) is 0 Å². The van der Waals surface area contributed by atoms with Crippen molar-refractivity contribution in [3.63, 3.8) is 0 Å². The van der Waals surface area contributed by atoms with Crippen molar-refractivity contribution in [3.05, 3.63) is 80.1 Å². The molecule has 1 aliphatic carbocycles. The number of halogens is 2. The number of non-ortho nitro benzene ring substituents is 1. The van der Waals surface area contributed by atoms with Gasteiger partial charge in [-0.25, -0.2) is 4.39 Å². The molecule has 0 saturated heterocycles. The number of hydrogen-bond donors (Lipinski definition) is 1. The van der Waals surface area contributed by atoms with Crippen LogP contribution in [-0.2, 0) is 0 Å². The number of nitrogens with one attached hydrogen (secondary N) is 1. The predicted octanol–water partition coefficient (Wildman–Crippen LogP) is 5.32. The minimum Gasteiger partial charge on any atom is -0.375 e. The van der Waals surface area contributed by atoms with Crippen molar-refractivity contribution in [2.75, 3.05) is 5.32 Å². The second-order valence-electron chi connectivity index (χ2n) is 6.18. The average molecular weight is 389 g/mol. The van der Waals surface area contributed by atoms with Crippen LogP contribution in [0.2, 0.25) is 0 Å². The molecular weight excluding hydrogens is 375 g/mol. The van der Waals surface area contributed by atoms with Gasteiger partial charge in [-0.3, -0.25) is 10.1 Å². The standard InChI is InChI=1S/C18H14BrFN2O2/c19-11-8-15-13-5-2-6-14(13)17(21-18(15)16(20)9-11)10-3-1-4-12(7-10)22(23)24/h1-5,7-9,13-14,17,21H,6H2. The molecule has 2 aliphatic rings. The molecule has 122 valence electrons. The molecular formula is C18H14BrFN2O2. The van der Waals surface area contributed by atoms with E-state index in [0.717, 1.165) is 17.5 Å². The number of nitro benzene ring substituents is 1. The zero-order chi connectivity index (χ0) is 16.8. The van der Waals surface area contributed by atoms with Gasteiger partial charge in [0.15, 0.2) is 0 Å². The van der Waals surface area contributed by atoms with Gasteiger partial charge in [0, 0.05) is 22.5 Å². The molecule has 4 nitrogen and oxygen atoms in total. The largest absolute Gasteiger partial charge is 0.375 e. The van der Waals surface area contributed by atoms with E-state index < -0.39 is 4.92 Å². The summed E-state index contributed by atoms with van der Waals surface area (Å²) in [6.45, 7) is 0. The van der Waals surface area contributed by atoms with Crippen LogP contribution in [0.3, 0.4) is 0 Å². The van der Waals surface area contributed by atoms with Crippen molar-refractivity contribution < 1.29 is 9.31 Å². The van der Waals surface area contributed by atoms with Gasteiger partial charge in [0.05, 0.1) is 16.7 Å². The molecule has 2 aromatic carbocycles. The maximum absolute atomic E-state index is 14.5. The lowest BCUT2D eigenvalue weighted by molar-refractivity contribution is -0.384. The normalized spacial score (nSPS) is 24.2. The molecule has 1 heterocycles. The van der Waals surface area contributed by atoms with Crippen LogP contribution in [0.1, 0.15) is 29.5 Å². The summed E-state index contributed by atoms with van der Waals surface area (Å²) < 4.78 is 15.2. The fraction of sp³-hybridized carbons (Fsp3) is 0.222. The van der Waals surface area contributed by atoms with Crippen LogP contribution in [0.25, 0.3) is 0 Å². The molecule has 1 N–H and O–H groups in total. The van der Waals surface area contributed by atoms with Gasteiger partial charge in [0.25, 0.3) is 5.69 Å². The minimum absolute atomic E-state index is 0.0545. The molecule has 3 unspecified atom stereocenters. The Morgan fingerprint density at radius 1 is 1.29 bits per heavy atom. The maximum atomic E-state index is 14.5. The lowest BCUT2D eigenvalue weighted by atomic mass is 9.77. The summed E-state index contributed by atoms with van der Waals surface area (Å²) in [6, 6.07) is 9.82. The van der Waals surface area contributed by atoms with Gasteiger partial charge in [-0.05, 0) is 35.6 Å². The molecule has 0 aromatic heterocycles. The molecule has 24 heavy (non-hydrogen) atoms. The van der Waals surface area contributed by atoms with Crippen molar-refractivity contribution in [1.82, 2.24) is 0 Å². The monoisotopic (exact) mass is 388 g/mol. The molecule has 4 rings (SSSR count). The first-order valence-electron chi connectivity index (χ1n) is 7.71. The third kappa shape index (κ3) is 2.41. The van der Waals surface area contributed by atoms with Crippen LogP contribution in [-0.4, -0.2) is 4.92 Å². The number of fused-ring (bicyclic) bond motifs is 3. The number of allylic oxidation sites excluding steroid dienone is 2. The molecule has 0 amide bonds. The van der Waals surface area contributed by atoms with Gasteiger partial charge in [0.2, 0.25) is 0 Å². The molecule has 0 radical (unpaired) electrons. The molecule has 0 bridgehead atoms. The van der Waals surface area contributed by atoms with Crippen LogP contribution in [0.4, 0.5) is 15.8 Å². The average Bonchev–Trinajstić information content (AvgIpc) is 3.04. The van der Waals surface area contributed by atoms with Gasteiger partial charge >= 0.3 is 0 Å². The summed E-state index contributed by atoms with van der Waals surface area (Å²) in [5.41, 5.74) is 2.29. The highest BCUT2D eigenvalue weighted by Crippen LogP contribution is 2.51. The first-order valence-corrected chi connectivity index (χ1v) is 8.50. The van der Waals surface area contributed by atoms with Crippen LogP contribution < -0.4 is 5.32 Å². The number of hydrogen-bond acceptors (Lipinski definition) is 3. The Bertz CT molecular complexity index is 868. The van der Waals surface area contributed by atoms with Crippen molar-refractivity contribution >= 4 is 27.3 Å². The fourth-order valence-electron chi connectivity index (χ4n) is 3.78. The van der Waals surface area contributed by atoms with Crippen molar-refractivity contribution in [3.8, 4) is 0 Å². The first-order chi connectivity index (χ1) is 11.5. The second kappa shape index (κ2) is 5.70. The molecule has 2 aromatic rings. The minimum atomic E-state index is -0.400. The zero-order valence-corrected chi connectivity index (χ0v) is 14.2. The zero-order valence-electron chi connectivity index (χ0n) is 12.6. The maximum Gasteiger partial charge on any atom is 0.269 e. The summed E-state index contributed by atoms with van der Waals surface area (Å²) in [5.74, 6) is 0.0132. The number of benzene rings is 2. The lowest BCUT2D eigenvalue weighted by Gasteiger charge is -2.37. The molecule has 0 saturated carbocycles. The fourth-order valence-corrected chi connectivity index (χ4v) is 4.23. The van der Waals surface area contributed by atoms with E-state index in [1.54, 1.807) is 12.1 Å². The molecule has 3 atom stereocenters. The van der Waals surface area contributed by atoms with Crippen LogP contribution in [0.15, 0.2) is 53.0 Å². The van der Waals surface area contributed by atoms with E-state index in [1.165, 1.54) is 12.1 Å². The predicted molar refractivity (Wildman–Crippen MR) is 93.5 cm³/mol. The van der Waals surface area contributed by atoms with Crippen LogP contribution >= 0.6 is 15.9 Å². The van der Waals surface area contributed by atoms with E-state index >= 15 is 0 Å². The van der Waals surface area contributed by atoms with Crippen LogP contribution in [0, 0.1) is 21.8 Å². The van der Waals surface area contributed by atoms with E-state index in [9.17, 15) is 14.5 Å². The Labute approximate surface area is 146 Å². The van der Waals surface area contributed by atoms with Gasteiger partial charge in [-0.1, -0.05) is 40.2 Å². The Hall–Kier alpha value is -2.21. The van der Waals surface area contributed by atoms with E-state index in [0.29, 0.717) is 10.2 Å². The van der Waals surface area contributed by atoms with Crippen LogP contribution in [0.5, 0.6) is 0 Å². The quantitative estimate of drug-likeness (QED) is 0.430. The third-order valence-corrected chi connectivity index (χ3v) is 5.28. The van der Waals surface area contributed by atoms with Gasteiger partial charge in [-0.15, -0.1) is 0 Å². The molecule has 6 heteroatoms. The highest BCUT2D eigenvalue weighted by atomic mass is 79.9. The summed E-state index contributed by atoms with van der Waals surface area (Å²) in [5, 5.41) is 14.3. The number of anilines is 1. The van der Waals surface area contributed by atoms with E-state index in [-0.39, 0.29) is 29.4 Å². The highest BCUT2D eigenvalue weighted by Gasteiger charge is 2.39. The van der Waals surface area contributed by atoms with E-state index in [2.05, 4.69) is 33.4 Å². The lowest BCUT2D eigenvalue weighted by Crippen LogP contribution is -2.29. The van der Waals surface area contributed by atoms with Gasteiger partial charge < -0.3 is 5.32 Å². The van der Waals surface area contributed by atoms with Crippen molar-refractivity contribution in [1.29, 1.82) is 0 Å². The van der Waals surface area contributed by atoms with Gasteiger partial charge in [0.1, 0.15) is 5.82 Å².